The number of aryl methyl sites for hydroxylation is 4. The van der Waals surface area contributed by atoms with Crippen LogP contribution >= 0.6 is 0 Å². The van der Waals surface area contributed by atoms with Gasteiger partial charge in [0.05, 0.1) is 24.1 Å². The van der Waals surface area contributed by atoms with Gasteiger partial charge in [-0.1, -0.05) is 60.7 Å². The van der Waals surface area contributed by atoms with Gasteiger partial charge in [0.1, 0.15) is 0 Å². The highest BCUT2D eigenvalue weighted by molar-refractivity contribution is 5.92. The molecule has 0 unspecified atom stereocenters. The number of hydrogen-bond acceptors (Lipinski definition) is 12. The Balaban J connectivity index is 0.906. The Kier molecular flexibility index (Phi) is 14.8. The first-order valence-corrected chi connectivity index (χ1v) is 23.5. The van der Waals surface area contributed by atoms with E-state index in [2.05, 4.69) is 83.7 Å². The van der Waals surface area contributed by atoms with E-state index in [1.807, 2.05) is 74.5 Å². The molecule has 0 saturated carbocycles. The van der Waals surface area contributed by atoms with Crippen LogP contribution in [0.25, 0.3) is 21.8 Å². The van der Waals surface area contributed by atoms with E-state index in [4.69, 9.17) is 19.6 Å². The van der Waals surface area contributed by atoms with Gasteiger partial charge < -0.3 is 19.5 Å². The molecular formula is C54H64N8O4. The van der Waals surface area contributed by atoms with Crippen molar-refractivity contribution in [1.29, 1.82) is 0 Å². The Hall–Kier alpha value is -6.50. The Morgan fingerprint density at radius 2 is 0.909 bits per heavy atom. The third kappa shape index (κ3) is 11.1. The minimum atomic E-state index is -0.701. The fraction of sp³-hybridized carbons (Fsp3) is 0.370. The standard InChI is InChI=1S/C54H64N8O4/c1-39-15-11-21-49(43(39)5)59-33-29-57(30-34-59)25-13-27-61(51-37-41(3)45-17-7-9-19-47(45)55-51)65-53(63)23-24-54(64)66-62(52-38-42(4)46-18-8-10-20-48(46)56-52)28-14-26-58-31-35-60(36-32-58)50-22-12-16-40(2)44(50)6/h7-12,15-24,37-38H,13-14,25-36H2,1-6H3/b24-23+. The lowest BCUT2D eigenvalue weighted by Gasteiger charge is -2.37. The zero-order chi connectivity index (χ0) is 46.2. The highest BCUT2D eigenvalue weighted by atomic mass is 16.7. The van der Waals surface area contributed by atoms with Crippen molar-refractivity contribution in [2.75, 3.05) is 98.5 Å². The predicted molar refractivity (Wildman–Crippen MR) is 267 cm³/mol. The molecule has 0 spiro atoms. The van der Waals surface area contributed by atoms with E-state index >= 15 is 0 Å². The van der Waals surface area contributed by atoms with Crippen LogP contribution in [0.15, 0.2) is 109 Å². The molecule has 0 N–H and O–H groups in total. The van der Waals surface area contributed by atoms with Crippen molar-refractivity contribution in [2.45, 2.75) is 54.4 Å². The predicted octanol–water partition coefficient (Wildman–Crippen LogP) is 8.84. The minimum absolute atomic E-state index is 0.424. The molecule has 12 nitrogen and oxygen atoms in total. The van der Waals surface area contributed by atoms with Gasteiger partial charge >= 0.3 is 11.9 Å². The summed E-state index contributed by atoms with van der Waals surface area (Å²) >= 11 is 0. The van der Waals surface area contributed by atoms with Crippen molar-refractivity contribution >= 4 is 56.8 Å². The number of benzene rings is 4. The minimum Gasteiger partial charge on any atom is -0.369 e. The van der Waals surface area contributed by atoms with Crippen molar-refractivity contribution in [1.82, 2.24) is 19.8 Å². The highest BCUT2D eigenvalue weighted by Crippen LogP contribution is 2.28. The van der Waals surface area contributed by atoms with Crippen molar-refractivity contribution < 1.29 is 19.3 Å². The van der Waals surface area contributed by atoms with Gasteiger partial charge in [0.15, 0.2) is 11.6 Å². The van der Waals surface area contributed by atoms with E-state index in [9.17, 15) is 9.59 Å². The average Bonchev–Trinajstić information content (AvgIpc) is 3.32. The van der Waals surface area contributed by atoms with Crippen LogP contribution in [0.2, 0.25) is 0 Å². The summed E-state index contributed by atoms with van der Waals surface area (Å²) in [6.07, 6.45) is 3.74. The van der Waals surface area contributed by atoms with Crippen molar-refractivity contribution in [3.8, 4) is 0 Å². The molecule has 12 heteroatoms. The van der Waals surface area contributed by atoms with Crippen LogP contribution in [0.4, 0.5) is 23.0 Å². The SMILES string of the molecule is Cc1cccc(N2CCN(CCCN(OC(=O)/C=C/C(=O)ON(CCCN3CCN(c4cccc(C)c4C)CC3)c3cc(C)c4ccccc4n3)c3cc(C)c4ccccc4n3)CC2)c1C. The summed E-state index contributed by atoms with van der Waals surface area (Å²) in [6, 6.07) is 32.8. The molecule has 66 heavy (non-hydrogen) atoms. The summed E-state index contributed by atoms with van der Waals surface area (Å²) in [4.78, 5) is 58.8. The maximum Gasteiger partial charge on any atom is 0.356 e. The van der Waals surface area contributed by atoms with E-state index in [0.717, 1.165) is 123 Å². The van der Waals surface area contributed by atoms with Crippen LogP contribution in [0.5, 0.6) is 0 Å². The smallest absolute Gasteiger partial charge is 0.356 e. The first kappa shape index (κ1) is 46.0. The molecule has 2 aliphatic rings. The number of aromatic nitrogens is 2. The molecule has 0 amide bonds. The molecule has 0 bridgehead atoms. The number of rotatable bonds is 16. The molecule has 4 heterocycles. The van der Waals surface area contributed by atoms with Crippen molar-refractivity contribution in [3.63, 3.8) is 0 Å². The topological polar surface area (TPSA) is 97.8 Å². The third-order valence-electron chi connectivity index (χ3n) is 13.3. The molecule has 0 atom stereocenters. The first-order chi connectivity index (χ1) is 32.0. The van der Waals surface area contributed by atoms with Gasteiger partial charge in [0, 0.05) is 99.7 Å². The lowest BCUT2D eigenvalue weighted by Crippen LogP contribution is -2.47. The summed E-state index contributed by atoms with van der Waals surface area (Å²) in [5.41, 5.74) is 11.6. The van der Waals surface area contributed by atoms with Crippen molar-refractivity contribution in [2.24, 2.45) is 0 Å². The summed E-state index contributed by atoms with van der Waals surface area (Å²) < 4.78 is 0. The Labute approximate surface area is 389 Å². The summed E-state index contributed by atoms with van der Waals surface area (Å²) in [6.45, 7) is 22.9. The average molecular weight is 889 g/mol. The molecule has 6 aromatic rings. The summed E-state index contributed by atoms with van der Waals surface area (Å²) in [5, 5.41) is 5.18. The largest absolute Gasteiger partial charge is 0.369 e. The van der Waals surface area contributed by atoms with Crippen LogP contribution in [0.3, 0.4) is 0 Å². The molecule has 4 aromatic carbocycles. The van der Waals surface area contributed by atoms with Gasteiger partial charge in [-0.3, -0.25) is 9.80 Å². The van der Waals surface area contributed by atoms with E-state index in [0.29, 0.717) is 24.7 Å². The van der Waals surface area contributed by atoms with E-state index in [-0.39, 0.29) is 0 Å². The summed E-state index contributed by atoms with van der Waals surface area (Å²) in [7, 11) is 0. The number of fused-ring (bicyclic) bond motifs is 2. The van der Waals surface area contributed by atoms with Gasteiger partial charge in [-0.15, -0.1) is 0 Å². The number of pyridine rings is 2. The number of nitrogens with zero attached hydrogens (tertiary/aromatic N) is 8. The van der Waals surface area contributed by atoms with Gasteiger partial charge in [0.25, 0.3) is 0 Å². The van der Waals surface area contributed by atoms with Gasteiger partial charge in [-0.25, -0.2) is 19.6 Å². The van der Waals surface area contributed by atoms with Crippen molar-refractivity contribution in [3.05, 3.63) is 143 Å². The number of para-hydroxylation sites is 2. The van der Waals surface area contributed by atoms with Crippen LogP contribution in [0, 0.1) is 41.5 Å². The number of hydroxylamine groups is 2. The monoisotopic (exact) mass is 889 g/mol. The maximum absolute atomic E-state index is 13.6. The van der Waals surface area contributed by atoms with Crippen LogP contribution in [-0.2, 0) is 19.3 Å². The molecule has 0 radical (unpaired) electrons. The molecule has 2 fully saturated rings. The Morgan fingerprint density at radius 3 is 1.32 bits per heavy atom. The molecular weight excluding hydrogens is 825 g/mol. The molecule has 8 rings (SSSR count). The van der Waals surface area contributed by atoms with Gasteiger partial charge in [-0.05, 0) is 124 Å². The lowest BCUT2D eigenvalue weighted by molar-refractivity contribution is -0.142. The fourth-order valence-corrected chi connectivity index (χ4v) is 9.20. The quantitative estimate of drug-likeness (QED) is 0.0687. The normalized spacial score (nSPS) is 14.9. The Morgan fingerprint density at radius 1 is 0.515 bits per heavy atom. The zero-order valence-corrected chi connectivity index (χ0v) is 39.5. The molecule has 2 saturated heterocycles. The molecule has 0 aliphatic carbocycles. The highest BCUT2D eigenvalue weighted by Gasteiger charge is 2.23. The van der Waals surface area contributed by atoms with E-state index in [1.165, 1.54) is 33.6 Å². The number of carbonyl (C=O) groups is 2. The van der Waals surface area contributed by atoms with E-state index < -0.39 is 11.9 Å². The molecule has 344 valence electrons. The Bertz CT molecular complexity index is 2500. The number of piperazine rings is 2. The van der Waals surface area contributed by atoms with Crippen LogP contribution in [0.1, 0.15) is 46.2 Å². The number of carbonyl (C=O) groups excluding carboxylic acids is 2. The summed E-state index contributed by atoms with van der Waals surface area (Å²) in [5.74, 6) is -0.336. The fourth-order valence-electron chi connectivity index (χ4n) is 9.20. The first-order valence-electron chi connectivity index (χ1n) is 23.5. The second-order valence-corrected chi connectivity index (χ2v) is 17.8. The molecule has 2 aromatic heterocycles. The molecule has 2 aliphatic heterocycles. The second kappa shape index (κ2) is 21.2. The van der Waals surface area contributed by atoms with E-state index in [1.54, 1.807) is 10.1 Å². The zero-order valence-electron chi connectivity index (χ0n) is 39.5. The number of hydrogen-bond donors (Lipinski definition) is 0. The maximum atomic E-state index is 13.6. The van der Waals surface area contributed by atoms with Gasteiger partial charge in [-0.2, -0.15) is 10.1 Å². The lowest BCUT2D eigenvalue weighted by atomic mass is 10.1. The van der Waals surface area contributed by atoms with Gasteiger partial charge in [0.2, 0.25) is 0 Å². The van der Waals surface area contributed by atoms with Crippen LogP contribution < -0.4 is 19.9 Å². The van der Waals surface area contributed by atoms with Crippen LogP contribution in [-0.4, -0.2) is 110 Å². The number of anilines is 4. The third-order valence-corrected chi connectivity index (χ3v) is 13.3. The second-order valence-electron chi connectivity index (χ2n) is 17.8.